The number of rotatable bonds is 10. The third kappa shape index (κ3) is 5.75. The Kier molecular flexibility index (Phi) is 7.51. The first kappa shape index (κ1) is 22.6. The van der Waals surface area contributed by atoms with E-state index in [1.165, 1.54) is 10.6 Å². The number of aromatic nitrogens is 2. The van der Waals surface area contributed by atoms with Crippen LogP contribution in [-0.4, -0.2) is 27.0 Å². The summed E-state index contributed by atoms with van der Waals surface area (Å²) in [6.07, 6.45) is 2.26. The SMILES string of the molecule is NC(=O)CCCCCn1c(SCC(=O)c2ccc(F)c(F)c2)nc2ccccc2c1=O. The minimum Gasteiger partial charge on any atom is -0.370 e. The molecule has 0 spiro atoms. The molecule has 1 amide bonds. The second-order valence-electron chi connectivity index (χ2n) is 6.99. The lowest BCUT2D eigenvalue weighted by Gasteiger charge is -2.13. The molecule has 0 atom stereocenters. The van der Waals surface area contributed by atoms with E-state index in [9.17, 15) is 23.2 Å². The van der Waals surface area contributed by atoms with E-state index in [0.29, 0.717) is 41.9 Å². The fraction of sp³-hybridized carbons (Fsp3) is 0.273. The van der Waals surface area contributed by atoms with Crippen LogP contribution in [0.3, 0.4) is 0 Å². The summed E-state index contributed by atoms with van der Waals surface area (Å²) in [5.74, 6) is -2.97. The van der Waals surface area contributed by atoms with Crippen molar-refractivity contribution in [2.75, 3.05) is 5.75 Å². The molecule has 0 saturated heterocycles. The fourth-order valence-corrected chi connectivity index (χ4v) is 4.00. The number of ketones is 1. The monoisotopic (exact) mass is 445 g/mol. The Hall–Kier alpha value is -3.07. The van der Waals surface area contributed by atoms with Crippen molar-refractivity contribution in [2.24, 2.45) is 5.73 Å². The van der Waals surface area contributed by atoms with Crippen molar-refractivity contribution in [1.82, 2.24) is 9.55 Å². The minimum atomic E-state index is -1.09. The number of carbonyl (C=O) groups excluding carboxylic acids is 2. The van der Waals surface area contributed by atoms with Crippen LogP contribution in [0.1, 0.15) is 36.0 Å². The van der Waals surface area contributed by atoms with Crippen LogP contribution in [0, 0.1) is 11.6 Å². The number of amides is 1. The van der Waals surface area contributed by atoms with E-state index in [4.69, 9.17) is 5.73 Å². The number of benzene rings is 2. The number of hydrogen-bond acceptors (Lipinski definition) is 5. The molecular formula is C22H21F2N3O3S. The summed E-state index contributed by atoms with van der Waals surface area (Å²) in [6, 6.07) is 9.92. The average molecular weight is 445 g/mol. The Morgan fingerprint density at radius 2 is 1.81 bits per heavy atom. The highest BCUT2D eigenvalue weighted by atomic mass is 32.2. The minimum absolute atomic E-state index is 0.0486. The summed E-state index contributed by atoms with van der Waals surface area (Å²) in [7, 11) is 0. The maximum atomic E-state index is 13.4. The topological polar surface area (TPSA) is 95.1 Å². The maximum absolute atomic E-state index is 13.4. The number of nitrogens with two attached hydrogens (primary N) is 1. The second-order valence-corrected chi connectivity index (χ2v) is 7.93. The Bertz CT molecular complexity index is 1180. The fourth-order valence-electron chi connectivity index (χ4n) is 3.08. The molecule has 1 aromatic heterocycles. The summed E-state index contributed by atoms with van der Waals surface area (Å²) in [6.45, 7) is 0.372. The zero-order chi connectivity index (χ0) is 22.4. The van der Waals surface area contributed by atoms with Crippen molar-refractivity contribution in [3.63, 3.8) is 0 Å². The molecule has 0 aliphatic carbocycles. The Morgan fingerprint density at radius 3 is 2.55 bits per heavy atom. The normalized spacial score (nSPS) is 11.0. The number of unbranched alkanes of at least 4 members (excludes halogenated alkanes) is 2. The first-order valence-corrected chi connectivity index (χ1v) is 10.7. The molecule has 3 aromatic rings. The van der Waals surface area contributed by atoms with Gasteiger partial charge in [0.1, 0.15) is 0 Å². The summed E-state index contributed by atoms with van der Waals surface area (Å²) in [5.41, 5.74) is 5.49. The number of hydrogen-bond donors (Lipinski definition) is 1. The third-order valence-electron chi connectivity index (χ3n) is 4.71. The van der Waals surface area contributed by atoms with Crippen molar-refractivity contribution >= 4 is 34.4 Å². The smallest absolute Gasteiger partial charge is 0.262 e. The van der Waals surface area contributed by atoms with Crippen LogP contribution < -0.4 is 11.3 Å². The number of carbonyl (C=O) groups is 2. The van der Waals surface area contributed by atoms with Gasteiger partial charge in [-0.25, -0.2) is 13.8 Å². The van der Waals surface area contributed by atoms with E-state index < -0.39 is 17.4 Å². The molecule has 0 radical (unpaired) electrons. The lowest BCUT2D eigenvalue weighted by Crippen LogP contribution is -2.24. The lowest BCUT2D eigenvalue weighted by molar-refractivity contribution is -0.118. The van der Waals surface area contributed by atoms with Crippen molar-refractivity contribution < 1.29 is 18.4 Å². The molecule has 3 rings (SSSR count). The number of primary amides is 1. The highest BCUT2D eigenvalue weighted by molar-refractivity contribution is 7.99. The third-order valence-corrected chi connectivity index (χ3v) is 5.68. The number of halogens is 2. The molecule has 0 aliphatic heterocycles. The zero-order valence-electron chi connectivity index (χ0n) is 16.6. The zero-order valence-corrected chi connectivity index (χ0v) is 17.5. The number of Topliss-reactive ketones (excluding diaryl/α,β-unsaturated/α-hetero) is 1. The van der Waals surface area contributed by atoms with Gasteiger partial charge in [0, 0.05) is 18.5 Å². The van der Waals surface area contributed by atoms with Gasteiger partial charge >= 0.3 is 0 Å². The van der Waals surface area contributed by atoms with E-state index in [1.807, 2.05) is 0 Å². The Morgan fingerprint density at radius 1 is 1.03 bits per heavy atom. The molecule has 0 saturated carbocycles. The number of nitrogens with zero attached hydrogens (tertiary/aromatic N) is 2. The summed E-state index contributed by atoms with van der Waals surface area (Å²) >= 11 is 1.07. The van der Waals surface area contributed by atoms with Crippen molar-refractivity contribution in [3.8, 4) is 0 Å². The molecular weight excluding hydrogens is 424 g/mol. The van der Waals surface area contributed by atoms with E-state index >= 15 is 0 Å². The van der Waals surface area contributed by atoms with E-state index in [-0.39, 0.29) is 29.2 Å². The van der Waals surface area contributed by atoms with Crippen molar-refractivity contribution in [1.29, 1.82) is 0 Å². The average Bonchev–Trinajstić information content (AvgIpc) is 2.75. The second kappa shape index (κ2) is 10.3. The molecule has 0 unspecified atom stereocenters. The van der Waals surface area contributed by atoms with Crippen molar-refractivity contribution in [2.45, 2.75) is 37.4 Å². The van der Waals surface area contributed by atoms with Crippen LogP contribution in [0.2, 0.25) is 0 Å². The molecule has 1 heterocycles. The van der Waals surface area contributed by atoms with Crippen LogP contribution in [0.15, 0.2) is 52.4 Å². The van der Waals surface area contributed by atoms with Gasteiger partial charge in [-0.1, -0.05) is 30.3 Å². The van der Waals surface area contributed by atoms with Gasteiger partial charge in [-0.05, 0) is 43.2 Å². The molecule has 31 heavy (non-hydrogen) atoms. The highest BCUT2D eigenvalue weighted by Crippen LogP contribution is 2.20. The summed E-state index contributed by atoms with van der Waals surface area (Å²) in [5, 5.41) is 0.838. The van der Waals surface area contributed by atoms with Crippen LogP contribution in [0.25, 0.3) is 10.9 Å². The quantitative estimate of drug-likeness (QED) is 0.222. The van der Waals surface area contributed by atoms with Crippen LogP contribution in [-0.2, 0) is 11.3 Å². The van der Waals surface area contributed by atoms with Crippen LogP contribution in [0.5, 0.6) is 0 Å². The molecule has 0 fully saturated rings. The molecule has 162 valence electrons. The number of para-hydroxylation sites is 1. The molecule has 0 bridgehead atoms. The predicted molar refractivity (Wildman–Crippen MR) is 115 cm³/mol. The Balaban J connectivity index is 1.80. The number of fused-ring (bicyclic) bond motifs is 1. The Labute approximate surface area is 181 Å². The lowest BCUT2D eigenvalue weighted by atomic mass is 10.1. The standard InChI is InChI=1S/C22H21F2N3O3S/c23-16-10-9-14(12-17(16)24)19(28)13-31-22-26-18-7-4-3-6-15(18)21(30)27(22)11-5-1-2-8-20(25)29/h3-4,6-7,9-10,12H,1-2,5,8,11,13H2,(H2,25,29). The van der Waals surface area contributed by atoms with E-state index in [0.717, 1.165) is 23.9 Å². The van der Waals surface area contributed by atoms with Gasteiger partial charge in [-0.3, -0.25) is 19.0 Å². The van der Waals surface area contributed by atoms with Gasteiger partial charge in [0.25, 0.3) is 5.56 Å². The molecule has 9 heteroatoms. The largest absolute Gasteiger partial charge is 0.370 e. The first-order chi connectivity index (χ1) is 14.9. The molecule has 6 nitrogen and oxygen atoms in total. The van der Waals surface area contributed by atoms with Gasteiger partial charge < -0.3 is 5.73 Å². The highest BCUT2D eigenvalue weighted by Gasteiger charge is 2.15. The van der Waals surface area contributed by atoms with Gasteiger partial charge in [-0.15, -0.1) is 0 Å². The van der Waals surface area contributed by atoms with Gasteiger partial charge in [0.2, 0.25) is 5.91 Å². The van der Waals surface area contributed by atoms with Gasteiger partial charge in [-0.2, -0.15) is 0 Å². The molecule has 0 aliphatic rings. The van der Waals surface area contributed by atoms with Crippen LogP contribution >= 0.6 is 11.8 Å². The molecule has 2 N–H and O–H groups in total. The van der Waals surface area contributed by atoms with Crippen LogP contribution in [0.4, 0.5) is 8.78 Å². The van der Waals surface area contributed by atoms with E-state index in [2.05, 4.69) is 4.98 Å². The maximum Gasteiger partial charge on any atom is 0.262 e. The predicted octanol–water partition coefficient (Wildman–Crippen LogP) is 3.70. The van der Waals surface area contributed by atoms with Gasteiger partial charge in [0.05, 0.1) is 16.7 Å². The summed E-state index contributed by atoms with van der Waals surface area (Å²) < 4.78 is 28.0. The van der Waals surface area contributed by atoms with E-state index in [1.54, 1.807) is 24.3 Å². The van der Waals surface area contributed by atoms with Gasteiger partial charge in [0.15, 0.2) is 22.6 Å². The van der Waals surface area contributed by atoms with Crippen molar-refractivity contribution in [3.05, 3.63) is 70.0 Å². The summed E-state index contributed by atoms with van der Waals surface area (Å²) in [4.78, 5) is 40.8. The molecule has 2 aromatic carbocycles. The number of thioether (sulfide) groups is 1. The first-order valence-electron chi connectivity index (χ1n) is 9.75.